The summed E-state index contributed by atoms with van der Waals surface area (Å²) in [6.45, 7) is 7.52. The molecular weight excluding hydrogens is 542 g/mol. The molecule has 2 aromatic heterocycles. The van der Waals surface area contributed by atoms with Crippen LogP contribution < -0.4 is 25.6 Å². The van der Waals surface area contributed by atoms with Gasteiger partial charge in [-0.25, -0.2) is 9.97 Å². The molecule has 0 aliphatic carbocycles. The highest BCUT2D eigenvalue weighted by Gasteiger charge is 2.19. The molecular formula is C32H33N9O2. The fraction of sp³-hybridized carbons (Fsp3) is 0.188. The molecule has 43 heavy (non-hydrogen) atoms. The van der Waals surface area contributed by atoms with E-state index in [2.05, 4.69) is 50.4 Å². The van der Waals surface area contributed by atoms with E-state index in [0.717, 1.165) is 48.9 Å². The average Bonchev–Trinajstić information content (AvgIpc) is 3.39. The van der Waals surface area contributed by atoms with Gasteiger partial charge in [-0.1, -0.05) is 30.8 Å². The van der Waals surface area contributed by atoms with E-state index in [1.807, 2.05) is 71.3 Å². The van der Waals surface area contributed by atoms with Crippen LogP contribution in [0.25, 0.3) is 16.9 Å². The van der Waals surface area contributed by atoms with Crippen LogP contribution in [0.5, 0.6) is 5.75 Å². The van der Waals surface area contributed by atoms with Crippen molar-refractivity contribution in [3.8, 4) is 11.4 Å². The Morgan fingerprint density at radius 3 is 2.47 bits per heavy atom. The summed E-state index contributed by atoms with van der Waals surface area (Å²) in [5.41, 5.74) is 5.28. The molecule has 0 saturated carbocycles. The maximum absolute atomic E-state index is 12.0. The zero-order valence-corrected chi connectivity index (χ0v) is 24.1. The van der Waals surface area contributed by atoms with Gasteiger partial charge in [0.1, 0.15) is 11.3 Å². The first kappa shape index (κ1) is 27.7. The number of benzene rings is 3. The zero-order valence-electron chi connectivity index (χ0n) is 24.1. The summed E-state index contributed by atoms with van der Waals surface area (Å²) in [4.78, 5) is 30.9. The van der Waals surface area contributed by atoms with E-state index >= 15 is 0 Å². The van der Waals surface area contributed by atoms with E-state index in [9.17, 15) is 4.79 Å². The Morgan fingerprint density at radius 1 is 0.907 bits per heavy atom. The predicted molar refractivity (Wildman–Crippen MR) is 171 cm³/mol. The normalized spacial score (nSPS) is 13.5. The standard InChI is InChI=1S/C32H33N9O2/c1-4-29(42)34-23-11-8-12-25(19-23)41-30-27(37-32(41)35-22-9-6-5-7-10-22)21-33-31(38-30)36-26-14-13-24(20-28(26)43-3)40-17-15-39(2)16-18-40/h4-14,19-21H,1,15-18H2,2-3H3,(H,34,42)(H,35,37)(H,33,36,38). The van der Waals surface area contributed by atoms with Crippen molar-refractivity contribution in [2.24, 2.45) is 0 Å². The van der Waals surface area contributed by atoms with Crippen molar-refractivity contribution < 1.29 is 9.53 Å². The largest absolute Gasteiger partial charge is 0.494 e. The number of amides is 1. The monoisotopic (exact) mass is 575 g/mol. The van der Waals surface area contributed by atoms with Crippen molar-refractivity contribution in [3.05, 3.63) is 91.6 Å². The molecule has 1 fully saturated rings. The number of methoxy groups -OCH3 is 1. The second-order valence-electron chi connectivity index (χ2n) is 10.2. The van der Waals surface area contributed by atoms with Crippen LogP contribution in [0.2, 0.25) is 0 Å². The molecule has 3 aromatic carbocycles. The first-order valence-corrected chi connectivity index (χ1v) is 14.0. The maximum Gasteiger partial charge on any atom is 0.247 e. The molecule has 0 bridgehead atoms. The van der Waals surface area contributed by atoms with E-state index in [0.29, 0.717) is 34.5 Å². The van der Waals surface area contributed by atoms with Gasteiger partial charge in [-0.2, -0.15) is 4.98 Å². The van der Waals surface area contributed by atoms with E-state index in [-0.39, 0.29) is 5.91 Å². The third-order valence-electron chi connectivity index (χ3n) is 7.29. The van der Waals surface area contributed by atoms with Crippen LogP contribution in [0.3, 0.4) is 0 Å². The van der Waals surface area contributed by atoms with Gasteiger partial charge >= 0.3 is 0 Å². The second kappa shape index (κ2) is 12.2. The fourth-order valence-corrected chi connectivity index (χ4v) is 4.99. The molecule has 0 radical (unpaired) electrons. The Morgan fingerprint density at radius 2 is 1.70 bits per heavy atom. The molecule has 3 heterocycles. The number of imidazole rings is 1. The Balaban J connectivity index is 1.37. The van der Waals surface area contributed by atoms with E-state index in [1.54, 1.807) is 13.3 Å². The topological polar surface area (TPSA) is 112 Å². The van der Waals surface area contributed by atoms with Crippen molar-refractivity contribution in [2.45, 2.75) is 0 Å². The van der Waals surface area contributed by atoms with E-state index < -0.39 is 0 Å². The molecule has 218 valence electrons. The van der Waals surface area contributed by atoms with Crippen LogP contribution >= 0.6 is 0 Å². The highest BCUT2D eigenvalue weighted by molar-refractivity contribution is 5.99. The summed E-state index contributed by atoms with van der Waals surface area (Å²) in [5.74, 6) is 1.35. The third-order valence-corrected chi connectivity index (χ3v) is 7.29. The lowest BCUT2D eigenvalue weighted by Crippen LogP contribution is -2.44. The third kappa shape index (κ3) is 6.11. The van der Waals surface area contributed by atoms with Gasteiger partial charge in [0.05, 0.1) is 24.7 Å². The molecule has 6 rings (SSSR count). The predicted octanol–water partition coefficient (Wildman–Crippen LogP) is 5.19. The van der Waals surface area contributed by atoms with Crippen molar-refractivity contribution >= 4 is 51.7 Å². The lowest BCUT2D eigenvalue weighted by molar-refractivity contribution is -0.111. The molecule has 1 aliphatic heterocycles. The van der Waals surface area contributed by atoms with Crippen LogP contribution in [-0.2, 0) is 4.79 Å². The van der Waals surface area contributed by atoms with Crippen molar-refractivity contribution in [3.63, 3.8) is 0 Å². The van der Waals surface area contributed by atoms with Crippen LogP contribution in [0.15, 0.2) is 91.6 Å². The van der Waals surface area contributed by atoms with E-state index in [1.165, 1.54) is 6.08 Å². The maximum atomic E-state index is 12.0. The number of carbonyl (C=O) groups excluding carboxylic acids is 1. The van der Waals surface area contributed by atoms with Crippen molar-refractivity contribution in [1.29, 1.82) is 0 Å². The molecule has 1 saturated heterocycles. The molecule has 0 atom stereocenters. The second-order valence-corrected chi connectivity index (χ2v) is 10.2. The SMILES string of the molecule is C=CC(=O)Nc1cccc(-n2c(Nc3ccccc3)nc3cnc(Nc4ccc(N5CCN(C)CC5)cc4OC)nc32)c1. The first-order valence-electron chi connectivity index (χ1n) is 14.0. The molecule has 5 aromatic rings. The number of rotatable bonds is 9. The number of piperazine rings is 1. The Hall–Kier alpha value is -5.42. The molecule has 0 spiro atoms. The summed E-state index contributed by atoms with van der Waals surface area (Å²) in [5, 5.41) is 9.55. The minimum Gasteiger partial charge on any atom is -0.494 e. The molecule has 0 unspecified atom stereocenters. The van der Waals surface area contributed by atoms with Gasteiger partial charge < -0.3 is 30.5 Å². The van der Waals surface area contributed by atoms with E-state index in [4.69, 9.17) is 14.7 Å². The fourth-order valence-electron chi connectivity index (χ4n) is 4.99. The minimum atomic E-state index is -0.295. The number of para-hydroxylation sites is 1. The van der Waals surface area contributed by atoms with Gasteiger partial charge in [0, 0.05) is 49.3 Å². The van der Waals surface area contributed by atoms with Gasteiger partial charge in [-0.15, -0.1) is 0 Å². The number of nitrogens with zero attached hydrogens (tertiary/aromatic N) is 6. The number of nitrogens with one attached hydrogen (secondary N) is 3. The summed E-state index contributed by atoms with van der Waals surface area (Å²) in [6.07, 6.45) is 2.92. The number of aromatic nitrogens is 4. The Kier molecular flexibility index (Phi) is 7.88. The number of hydrogen-bond donors (Lipinski definition) is 3. The smallest absolute Gasteiger partial charge is 0.247 e. The number of likely N-dealkylation sites (N-methyl/N-ethyl adjacent to an activating group) is 1. The lowest BCUT2D eigenvalue weighted by Gasteiger charge is -2.34. The number of hydrogen-bond acceptors (Lipinski definition) is 9. The highest BCUT2D eigenvalue weighted by Crippen LogP contribution is 2.33. The summed E-state index contributed by atoms with van der Waals surface area (Å²) in [6, 6.07) is 23.3. The summed E-state index contributed by atoms with van der Waals surface area (Å²) >= 11 is 0. The number of carbonyl (C=O) groups is 1. The molecule has 1 aliphatic rings. The summed E-state index contributed by atoms with van der Waals surface area (Å²) < 4.78 is 7.65. The van der Waals surface area contributed by atoms with Crippen LogP contribution in [0.4, 0.5) is 34.6 Å². The van der Waals surface area contributed by atoms with Gasteiger partial charge in [0.15, 0.2) is 5.65 Å². The first-order chi connectivity index (χ1) is 21.0. The quantitative estimate of drug-likeness (QED) is 0.205. The van der Waals surface area contributed by atoms with Crippen molar-refractivity contribution in [2.75, 3.05) is 61.2 Å². The van der Waals surface area contributed by atoms with Crippen LogP contribution in [0.1, 0.15) is 0 Å². The Bertz CT molecular complexity index is 1760. The molecule has 11 nitrogen and oxygen atoms in total. The molecule has 3 N–H and O–H groups in total. The molecule has 1 amide bonds. The highest BCUT2D eigenvalue weighted by atomic mass is 16.5. The van der Waals surface area contributed by atoms with Crippen LogP contribution in [-0.4, -0.2) is 70.7 Å². The number of ether oxygens (including phenoxy) is 1. The van der Waals surface area contributed by atoms with Gasteiger partial charge in [-0.3, -0.25) is 9.36 Å². The van der Waals surface area contributed by atoms with Crippen LogP contribution in [0, 0.1) is 0 Å². The number of anilines is 6. The average molecular weight is 576 g/mol. The Labute approximate surface area is 249 Å². The van der Waals surface area contributed by atoms with Crippen molar-refractivity contribution in [1.82, 2.24) is 24.4 Å². The van der Waals surface area contributed by atoms with Gasteiger partial charge in [0.2, 0.25) is 17.8 Å². The minimum absolute atomic E-state index is 0.295. The summed E-state index contributed by atoms with van der Waals surface area (Å²) in [7, 11) is 3.80. The van der Waals surface area contributed by atoms with Gasteiger partial charge in [0.25, 0.3) is 0 Å². The zero-order chi connectivity index (χ0) is 29.8. The molecule has 11 heteroatoms. The number of fused-ring (bicyclic) bond motifs is 1. The van der Waals surface area contributed by atoms with Gasteiger partial charge in [-0.05, 0) is 55.6 Å². The lowest BCUT2D eigenvalue weighted by atomic mass is 10.2.